The molecule has 0 fully saturated rings. The number of aliphatic carboxylic acids is 1. The molecule has 9 heteroatoms. The standard InChI is InChI=1S/C14H18N4O4S/c1-3-4-10-9(7-15)13(22)17-14(16-10)23-8-11(19)18(2)6-5-12(20)21/h3-6,8H2,1-2H3,(H,20,21)(H,16,17,22). The summed E-state index contributed by atoms with van der Waals surface area (Å²) in [6.07, 6.45) is 1.12. The Kier molecular flexibility index (Phi) is 7.28. The van der Waals surface area contributed by atoms with E-state index in [1.807, 2.05) is 13.0 Å². The maximum atomic E-state index is 11.9. The molecule has 0 atom stereocenters. The van der Waals surface area contributed by atoms with Crippen LogP contribution in [0.4, 0.5) is 0 Å². The van der Waals surface area contributed by atoms with Crippen LogP contribution in [-0.4, -0.2) is 51.2 Å². The van der Waals surface area contributed by atoms with Crippen LogP contribution in [0.1, 0.15) is 31.0 Å². The predicted octanol–water partition coefficient (Wildman–Crippen LogP) is 0.619. The van der Waals surface area contributed by atoms with E-state index in [0.29, 0.717) is 12.1 Å². The van der Waals surface area contributed by atoms with E-state index >= 15 is 0 Å². The number of nitrogens with one attached hydrogen (secondary N) is 1. The second-order valence-corrected chi connectivity index (χ2v) is 5.77. The van der Waals surface area contributed by atoms with Gasteiger partial charge in [-0.2, -0.15) is 5.26 Å². The minimum atomic E-state index is -0.973. The third-order valence-corrected chi connectivity index (χ3v) is 3.85. The molecule has 1 aromatic rings. The lowest BCUT2D eigenvalue weighted by Crippen LogP contribution is -2.30. The molecule has 0 aliphatic carbocycles. The van der Waals surface area contributed by atoms with Crippen molar-refractivity contribution >= 4 is 23.6 Å². The molecule has 0 aliphatic rings. The Hall–Kier alpha value is -2.34. The number of carboxylic acid groups (broad SMARTS) is 1. The first kappa shape index (κ1) is 18.7. The first-order valence-corrected chi connectivity index (χ1v) is 7.99. The quantitative estimate of drug-likeness (QED) is 0.525. The van der Waals surface area contributed by atoms with Gasteiger partial charge in [-0.25, -0.2) is 4.98 Å². The Morgan fingerprint density at radius 3 is 2.74 bits per heavy atom. The SMILES string of the molecule is CCCc1nc(SCC(=O)N(C)CCC(=O)O)[nH]c(=O)c1C#N. The Bertz CT molecular complexity index is 680. The van der Waals surface area contributed by atoms with Gasteiger partial charge in [0.15, 0.2) is 5.16 Å². The summed E-state index contributed by atoms with van der Waals surface area (Å²) in [5, 5.41) is 17.9. The largest absolute Gasteiger partial charge is 0.481 e. The first-order valence-electron chi connectivity index (χ1n) is 7.00. The van der Waals surface area contributed by atoms with Crippen molar-refractivity contribution in [1.82, 2.24) is 14.9 Å². The van der Waals surface area contributed by atoms with Crippen molar-refractivity contribution in [3.63, 3.8) is 0 Å². The fourth-order valence-electron chi connectivity index (χ4n) is 1.73. The molecule has 1 aromatic heterocycles. The normalized spacial score (nSPS) is 10.1. The lowest BCUT2D eigenvalue weighted by molar-refractivity contribution is -0.137. The number of carbonyl (C=O) groups is 2. The fourth-order valence-corrected chi connectivity index (χ4v) is 2.55. The number of amides is 1. The minimum Gasteiger partial charge on any atom is -0.481 e. The third kappa shape index (κ3) is 5.75. The number of carbonyl (C=O) groups excluding carboxylic acids is 1. The van der Waals surface area contributed by atoms with Crippen LogP contribution < -0.4 is 5.56 Å². The van der Waals surface area contributed by atoms with Crippen molar-refractivity contribution in [2.45, 2.75) is 31.3 Å². The fraction of sp³-hybridized carbons (Fsp3) is 0.500. The number of aryl methyl sites for hydroxylation is 1. The maximum Gasteiger partial charge on any atom is 0.305 e. The molecule has 0 aromatic carbocycles. The lowest BCUT2D eigenvalue weighted by Gasteiger charge is -2.15. The Morgan fingerprint density at radius 1 is 1.48 bits per heavy atom. The molecular weight excluding hydrogens is 320 g/mol. The van der Waals surface area contributed by atoms with Crippen LogP contribution >= 0.6 is 11.8 Å². The first-order chi connectivity index (χ1) is 10.9. The van der Waals surface area contributed by atoms with Crippen LogP contribution in [0.2, 0.25) is 0 Å². The molecular formula is C14H18N4O4S. The van der Waals surface area contributed by atoms with Crippen LogP contribution in [0.15, 0.2) is 9.95 Å². The van der Waals surface area contributed by atoms with Crippen molar-refractivity contribution in [2.24, 2.45) is 0 Å². The zero-order valence-electron chi connectivity index (χ0n) is 13.0. The highest BCUT2D eigenvalue weighted by molar-refractivity contribution is 7.99. The predicted molar refractivity (Wildman–Crippen MR) is 84.2 cm³/mol. The van der Waals surface area contributed by atoms with Crippen molar-refractivity contribution in [3.05, 3.63) is 21.6 Å². The molecule has 23 heavy (non-hydrogen) atoms. The summed E-state index contributed by atoms with van der Waals surface area (Å²) in [4.78, 5) is 42.2. The number of aromatic nitrogens is 2. The van der Waals surface area contributed by atoms with E-state index < -0.39 is 11.5 Å². The van der Waals surface area contributed by atoms with E-state index in [9.17, 15) is 14.4 Å². The monoisotopic (exact) mass is 338 g/mol. The zero-order valence-corrected chi connectivity index (χ0v) is 13.8. The number of hydrogen-bond acceptors (Lipinski definition) is 6. The van der Waals surface area contributed by atoms with E-state index in [2.05, 4.69) is 9.97 Å². The molecule has 0 aliphatic heterocycles. The molecule has 0 bridgehead atoms. The van der Waals surface area contributed by atoms with Gasteiger partial charge in [0.05, 0.1) is 17.9 Å². The zero-order chi connectivity index (χ0) is 17.4. The average molecular weight is 338 g/mol. The second kappa shape index (κ2) is 8.95. The summed E-state index contributed by atoms with van der Waals surface area (Å²) in [5.41, 5.74) is -0.0887. The van der Waals surface area contributed by atoms with E-state index in [1.54, 1.807) is 0 Å². The van der Waals surface area contributed by atoms with Crippen LogP contribution in [0.25, 0.3) is 0 Å². The van der Waals surface area contributed by atoms with E-state index in [-0.39, 0.29) is 35.3 Å². The summed E-state index contributed by atoms with van der Waals surface area (Å²) in [6, 6.07) is 1.84. The van der Waals surface area contributed by atoms with Gasteiger partial charge in [0.1, 0.15) is 11.6 Å². The Morgan fingerprint density at radius 2 is 2.17 bits per heavy atom. The smallest absolute Gasteiger partial charge is 0.305 e. The van der Waals surface area contributed by atoms with Crippen molar-refractivity contribution in [3.8, 4) is 6.07 Å². The molecule has 2 N–H and O–H groups in total. The van der Waals surface area contributed by atoms with Crippen molar-refractivity contribution in [2.75, 3.05) is 19.3 Å². The molecule has 124 valence electrons. The van der Waals surface area contributed by atoms with Gasteiger partial charge in [0.2, 0.25) is 5.91 Å². The molecule has 1 rings (SSSR count). The Labute approximate surface area is 137 Å². The van der Waals surface area contributed by atoms with E-state index in [4.69, 9.17) is 10.4 Å². The number of aromatic amines is 1. The topological polar surface area (TPSA) is 127 Å². The number of H-pyrrole nitrogens is 1. The summed E-state index contributed by atoms with van der Waals surface area (Å²) in [7, 11) is 1.52. The van der Waals surface area contributed by atoms with Gasteiger partial charge in [-0.1, -0.05) is 25.1 Å². The van der Waals surface area contributed by atoms with Crippen LogP contribution in [-0.2, 0) is 16.0 Å². The van der Waals surface area contributed by atoms with Gasteiger partial charge in [-0.3, -0.25) is 14.4 Å². The highest BCUT2D eigenvalue weighted by Gasteiger charge is 2.14. The Balaban J connectivity index is 2.74. The lowest BCUT2D eigenvalue weighted by atomic mass is 10.1. The molecule has 1 heterocycles. The number of nitriles is 1. The summed E-state index contributed by atoms with van der Waals surface area (Å²) < 4.78 is 0. The number of rotatable bonds is 8. The molecule has 0 saturated heterocycles. The van der Waals surface area contributed by atoms with Crippen LogP contribution in [0.5, 0.6) is 0 Å². The second-order valence-electron chi connectivity index (χ2n) is 4.80. The van der Waals surface area contributed by atoms with E-state index in [1.165, 1.54) is 11.9 Å². The van der Waals surface area contributed by atoms with Crippen molar-refractivity contribution in [1.29, 1.82) is 5.26 Å². The minimum absolute atomic E-state index is 0.00102. The highest BCUT2D eigenvalue weighted by Crippen LogP contribution is 2.14. The third-order valence-electron chi connectivity index (χ3n) is 2.99. The van der Waals surface area contributed by atoms with Crippen LogP contribution in [0.3, 0.4) is 0 Å². The maximum absolute atomic E-state index is 11.9. The summed E-state index contributed by atoms with van der Waals surface area (Å²) >= 11 is 1.05. The van der Waals surface area contributed by atoms with Gasteiger partial charge in [0.25, 0.3) is 5.56 Å². The highest BCUT2D eigenvalue weighted by atomic mass is 32.2. The molecule has 0 spiro atoms. The van der Waals surface area contributed by atoms with Gasteiger partial charge in [-0.05, 0) is 6.42 Å². The van der Waals surface area contributed by atoms with Crippen LogP contribution in [0, 0.1) is 11.3 Å². The number of thioether (sulfide) groups is 1. The summed E-state index contributed by atoms with van der Waals surface area (Å²) in [6.45, 7) is 2.03. The number of hydrogen-bond donors (Lipinski definition) is 2. The number of carboxylic acids is 1. The van der Waals surface area contributed by atoms with Gasteiger partial charge in [0, 0.05) is 13.6 Å². The molecule has 0 radical (unpaired) electrons. The van der Waals surface area contributed by atoms with Gasteiger partial charge >= 0.3 is 5.97 Å². The average Bonchev–Trinajstić information content (AvgIpc) is 2.50. The van der Waals surface area contributed by atoms with Gasteiger partial charge in [-0.15, -0.1) is 0 Å². The van der Waals surface area contributed by atoms with E-state index in [0.717, 1.165) is 18.2 Å². The summed E-state index contributed by atoms with van der Waals surface area (Å²) in [5.74, 6) is -1.21. The molecule has 8 nitrogen and oxygen atoms in total. The molecule has 1 amide bonds. The van der Waals surface area contributed by atoms with Gasteiger partial charge < -0.3 is 15.0 Å². The molecule has 0 saturated carbocycles. The van der Waals surface area contributed by atoms with Crippen molar-refractivity contribution < 1.29 is 14.7 Å². The molecule has 0 unspecified atom stereocenters. The number of nitrogens with zero attached hydrogens (tertiary/aromatic N) is 3.